The van der Waals surface area contributed by atoms with Gasteiger partial charge in [0.1, 0.15) is 24.4 Å². The molecule has 3 heterocycles. The van der Waals surface area contributed by atoms with Crippen molar-refractivity contribution in [3.63, 3.8) is 0 Å². The highest BCUT2D eigenvalue weighted by molar-refractivity contribution is 5.13. The van der Waals surface area contributed by atoms with Crippen LogP contribution in [0.1, 0.15) is 33.3 Å². The lowest BCUT2D eigenvalue weighted by molar-refractivity contribution is -0.243. The maximum absolute atomic E-state index is 6.11. The molecule has 0 aliphatic carbocycles. The molecule has 1 aromatic carbocycles. The van der Waals surface area contributed by atoms with E-state index in [1.54, 1.807) is 0 Å². The van der Waals surface area contributed by atoms with Gasteiger partial charge in [0.15, 0.2) is 17.9 Å². The first-order valence-electron chi connectivity index (χ1n) is 8.81. The number of fused-ring (bicyclic) bond motifs is 3. The summed E-state index contributed by atoms with van der Waals surface area (Å²) < 4.78 is 36.0. The SMILES string of the molecule is CC1(C)O[C@H]2[C@@H](O1)[C@@H](COCc1ccccc1)O[C@@H]1OC(C)(C)O[C@@H]12. The van der Waals surface area contributed by atoms with Crippen LogP contribution in [-0.4, -0.2) is 48.9 Å². The zero-order valence-corrected chi connectivity index (χ0v) is 15.1. The molecule has 0 saturated carbocycles. The predicted molar refractivity (Wildman–Crippen MR) is 88.6 cm³/mol. The fraction of sp³-hybridized carbons (Fsp3) is 0.684. The van der Waals surface area contributed by atoms with Gasteiger partial charge in [0.25, 0.3) is 0 Å². The molecular weight excluding hydrogens is 324 g/mol. The van der Waals surface area contributed by atoms with Crippen LogP contribution in [0.3, 0.4) is 0 Å². The zero-order chi connectivity index (χ0) is 17.7. The summed E-state index contributed by atoms with van der Waals surface area (Å²) in [7, 11) is 0. The molecule has 6 nitrogen and oxygen atoms in total. The molecule has 0 N–H and O–H groups in total. The summed E-state index contributed by atoms with van der Waals surface area (Å²) in [6, 6.07) is 10.1. The quantitative estimate of drug-likeness (QED) is 0.832. The molecule has 138 valence electrons. The van der Waals surface area contributed by atoms with Crippen molar-refractivity contribution >= 4 is 0 Å². The van der Waals surface area contributed by atoms with Gasteiger partial charge in [-0.1, -0.05) is 30.3 Å². The van der Waals surface area contributed by atoms with Crippen molar-refractivity contribution in [1.29, 1.82) is 0 Å². The van der Waals surface area contributed by atoms with Gasteiger partial charge in [0.05, 0.1) is 13.2 Å². The second-order valence-corrected chi connectivity index (χ2v) is 7.71. The molecule has 0 unspecified atom stereocenters. The van der Waals surface area contributed by atoms with Gasteiger partial charge in [-0.3, -0.25) is 0 Å². The van der Waals surface area contributed by atoms with E-state index < -0.39 is 17.9 Å². The second kappa shape index (κ2) is 6.30. The van der Waals surface area contributed by atoms with E-state index in [4.69, 9.17) is 28.4 Å². The molecule has 6 heteroatoms. The topological polar surface area (TPSA) is 55.4 Å². The molecule has 25 heavy (non-hydrogen) atoms. The molecule has 1 aromatic rings. The Hall–Kier alpha value is -1.02. The Kier molecular flexibility index (Phi) is 4.38. The number of rotatable bonds is 4. The normalized spacial score (nSPS) is 38.3. The number of hydrogen-bond acceptors (Lipinski definition) is 6. The summed E-state index contributed by atoms with van der Waals surface area (Å²) in [5.41, 5.74) is 1.12. The molecule has 3 fully saturated rings. The first-order valence-corrected chi connectivity index (χ1v) is 8.81. The maximum atomic E-state index is 6.11. The van der Waals surface area contributed by atoms with Crippen molar-refractivity contribution in [2.24, 2.45) is 0 Å². The number of benzene rings is 1. The molecule has 4 rings (SSSR count). The van der Waals surface area contributed by atoms with Crippen molar-refractivity contribution in [3.8, 4) is 0 Å². The molecule has 5 atom stereocenters. The largest absolute Gasteiger partial charge is 0.374 e. The van der Waals surface area contributed by atoms with Gasteiger partial charge >= 0.3 is 0 Å². The van der Waals surface area contributed by atoms with E-state index in [-0.39, 0.29) is 24.4 Å². The van der Waals surface area contributed by atoms with Crippen molar-refractivity contribution < 1.29 is 28.4 Å². The summed E-state index contributed by atoms with van der Waals surface area (Å²) in [6.45, 7) is 8.51. The Morgan fingerprint density at radius 1 is 0.840 bits per heavy atom. The van der Waals surface area contributed by atoms with E-state index in [1.807, 2.05) is 58.0 Å². The monoisotopic (exact) mass is 350 g/mol. The predicted octanol–water partition coefficient (Wildman–Crippen LogP) is 2.60. The highest BCUT2D eigenvalue weighted by Gasteiger charge is 2.60. The van der Waals surface area contributed by atoms with E-state index in [0.29, 0.717) is 13.2 Å². The summed E-state index contributed by atoms with van der Waals surface area (Å²) in [5, 5.41) is 0. The lowest BCUT2D eigenvalue weighted by atomic mass is 9.99. The summed E-state index contributed by atoms with van der Waals surface area (Å²) in [4.78, 5) is 0. The van der Waals surface area contributed by atoms with Crippen molar-refractivity contribution in [2.75, 3.05) is 6.61 Å². The third kappa shape index (κ3) is 3.60. The van der Waals surface area contributed by atoms with Gasteiger partial charge in [0.2, 0.25) is 0 Å². The Morgan fingerprint density at radius 3 is 2.24 bits per heavy atom. The van der Waals surface area contributed by atoms with Crippen LogP contribution in [0.2, 0.25) is 0 Å². The highest BCUT2D eigenvalue weighted by Crippen LogP contribution is 2.44. The standard InChI is InChI=1S/C19H26O6/c1-18(2)22-14-13(11-20-10-12-8-6-5-7-9-12)21-17-16(15(14)23-18)24-19(3,4)25-17/h5-9,13-17H,10-11H2,1-4H3/t13-,14+,15+,16-,17-/m1/s1. The first-order chi connectivity index (χ1) is 11.8. The Balaban J connectivity index is 1.44. The van der Waals surface area contributed by atoms with Crippen LogP contribution in [0.4, 0.5) is 0 Å². The van der Waals surface area contributed by atoms with Gasteiger partial charge < -0.3 is 28.4 Å². The molecule has 0 spiro atoms. The minimum absolute atomic E-state index is 0.235. The fourth-order valence-electron chi connectivity index (χ4n) is 3.69. The highest BCUT2D eigenvalue weighted by atomic mass is 16.9. The smallest absolute Gasteiger partial charge is 0.190 e. The van der Waals surface area contributed by atoms with E-state index in [2.05, 4.69) is 0 Å². The molecule has 3 saturated heterocycles. The lowest BCUT2D eigenvalue weighted by Gasteiger charge is -2.37. The van der Waals surface area contributed by atoms with Gasteiger partial charge in [-0.2, -0.15) is 0 Å². The van der Waals surface area contributed by atoms with Crippen LogP contribution in [0.15, 0.2) is 30.3 Å². The summed E-state index contributed by atoms with van der Waals surface area (Å²) in [5.74, 6) is -1.38. The maximum Gasteiger partial charge on any atom is 0.190 e. The fourth-order valence-corrected chi connectivity index (χ4v) is 3.69. The molecule has 3 aliphatic rings. The third-order valence-electron chi connectivity index (χ3n) is 4.64. The average Bonchev–Trinajstić information content (AvgIpc) is 3.03. The molecule has 0 amide bonds. The third-order valence-corrected chi connectivity index (χ3v) is 4.64. The van der Waals surface area contributed by atoms with Crippen LogP contribution < -0.4 is 0 Å². The zero-order valence-electron chi connectivity index (χ0n) is 15.1. The van der Waals surface area contributed by atoms with Crippen LogP contribution in [-0.2, 0) is 35.0 Å². The Bertz CT molecular complexity index is 601. The summed E-state index contributed by atoms with van der Waals surface area (Å²) >= 11 is 0. The molecule has 0 radical (unpaired) electrons. The Labute approximate surface area is 148 Å². The van der Waals surface area contributed by atoms with E-state index >= 15 is 0 Å². The average molecular weight is 350 g/mol. The molecule has 0 bridgehead atoms. The van der Waals surface area contributed by atoms with Crippen LogP contribution >= 0.6 is 0 Å². The first kappa shape index (κ1) is 17.4. The van der Waals surface area contributed by atoms with Gasteiger partial charge in [-0.25, -0.2) is 0 Å². The molecule has 3 aliphatic heterocycles. The molecule has 0 aromatic heterocycles. The lowest BCUT2D eigenvalue weighted by Crippen LogP contribution is -2.56. The van der Waals surface area contributed by atoms with Gasteiger partial charge in [-0.15, -0.1) is 0 Å². The minimum Gasteiger partial charge on any atom is -0.374 e. The Morgan fingerprint density at radius 2 is 1.48 bits per heavy atom. The van der Waals surface area contributed by atoms with Crippen molar-refractivity contribution in [2.45, 2.75) is 76.6 Å². The summed E-state index contributed by atoms with van der Waals surface area (Å²) in [6.07, 6.45) is -1.52. The second-order valence-electron chi connectivity index (χ2n) is 7.71. The van der Waals surface area contributed by atoms with Crippen LogP contribution in [0.25, 0.3) is 0 Å². The molecular formula is C19H26O6. The van der Waals surface area contributed by atoms with Crippen LogP contribution in [0, 0.1) is 0 Å². The number of hydrogen-bond donors (Lipinski definition) is 0. The van der Waals surface area contributed by atoms with Crippen LogP contribution in [0.5, 0.6) is 0 Å². The minimum atomic E-state index is -0.699. The number of ether oxygens (including phenoxy) is 6. The van der Waals surface area contributed by atoms with Gasteiger partial charge in [0, 0.05) is 0 Å². The van der Waals surface area contributed by atoms with Crippen molar-refractivity contribution in [3.05, 3.63) is 35.9 Å². The van der Waals surface area contributed by atoms with E-state index in [1.165, 1.54) is 0 Å². The van der Waals surface area contributed by atoms with E-state index in [9.17, 15) is 0 Å². The van der Waals surface area contributed by atoms with E-state index in [0.717, 1.165) is 5.56 Å². The van der Waals surface area contributed by atoms with Crippen molar-refractivity contribution in [1.82, 2.24) is 0 Å². The van der Waals surface area contributed by atoms with Gasteiger partial charge in [-0.05, 0) is 33.3 Å².